The molecule has 0 aliphatic heterocycles. The summed E-state index contributed by atoms with van der Waals surface area (Å²) >= 11 is 0. The van der Waals surface area contributed by atoms with E-state index in [0.29, 0.717) is 11.1 Å². The molecule has 2 aromatic carbocycles. The highest BCUT2D eigenvalue weighted by Gasteiger charge is 2.33. The van der Waals surface area contributed by atoms with Crippen molar-refractivity contribution in [3.8, 4) is 28.0 Å². The van der Waals surface area contributed by atoms with Gasteiger partial charge in [0.15, 0.2) is 21.4 Å². The molecule has 0 radical (unpaired) electrons. The molecule has 0 atom stereocenters. The Morgan fingerprint density at radius 2 is 1.70 bits per heavy atom. The van der Waals surface area contributed by atoms with Gasteiger partial charge in [-0.15, -0.1) is 0 Å². The van der Waals surface area contributed by atoms with Gasteiger partial charge in [0.05, 0.1) is 10.3 Å². The van der Waals surface area contributed by atoms with Crippen molar-refractivity contribution < 1.29 is 18.3 Å². The first-order chi connectivity index (χ1) is 17.4. The van der Waals surface area contributed by atoms with Crippen LogP contribution in [-0.2, 0) is 14.6 Å². The van der Waals surface area contributed by atoms with E-state index in [4.69, 9.17) is 0 Å². The van der Waals surface area contributed by atoms with Crippen LogP contribution in [0.3, 0.4) is 0 Å². The molecule has 0 aliphatic carbocycles. The highest BCUT2D eigenvalue weighted by atomic mass is 32.2. The molecule has 4 aromatic rings. The van der Waals surface area contributed by atoms with E-state index in [1.165, 1.54) is 12.3 Å². The fourth-order valence-corrected chi connectivity index (χ4v) is 4.50. The molecule has 2 aromatic heterocycles. The third kappa shape index (κ3) is 5.41. The number of anilines is 1. The number of carbonyl (C=O) groups excluding carboxylic acids is 1. The predicted molar refractivity (Wildman–Crippen MR) is 147 cm³/mol. The summed E-state index contributed by atoms with van der Waals surface area (Å²) in [5.74, 6) is -0.102. The molecule has 0 fully saturated rings. The summed E-state index contributed by atoms with van der Waals surface area (Å²) in [7, 11) is -3.39. The number of urea groups is 1. The van der Waals surface area contributed by atoms with Crippen molar-refractivity contribution in [1.82, 2.24) is 15.3 Å². The normalized spacial score (nSPS) is 12.1. The van der Waals surface area contributed by atoms with Gasteiger partial charge in [-0.2, -0.15) is 0 Å². The van der Waals surface area contributed by atoms with Gasteiger partial charge in [0.1, 0.15) is 0 Å². The highest BCUT2D eigenvalue weighted by molar-refractivity contribution is 7.91. The lowest BCUT2D eigenvalue weighted by atomic mass is 9.92. The minimum atomic E-state index is -3.39. The van der Waals surface area contributed by atoms with Gasteiger partial charge in [-0.25, -0.2) is 18.2 Å². The van der Waals surface area contributed by atoms with Crippen LogP contribution in [-0.4, -0.2) is 41.8 Å². The zero-order valence-electron chi connectivity index (χ0n) is 21.4. The molecule has 0 spiro atoms. The van der Waals surface area contributed by atoms with Crippen molar-refractivity contribution in [2.75, 3.05) is 11.6 Å². The molecule has 0 bridgehead atoms. The van der Waals surface area contributed by atoms with Crippen LogP contribution in [0.15, 0.2) is 67.0 Å². The maximum absolute atomic E-state index is 12.6. The quantitative estimate of drug-likeness (QED) is 0.311. The highest BCUT2D eigenvalue weighted by Crippen LogP contribution is 2.37. The number of pyridine rings is 2. The second-order valence-corrected chi connectivity index (χ2v) is 12.4. The van der Waals surface area contributed by atoms with Crippen LogP contribution in [0.2, 0.25) is 0 Å². The number of nitrogens with one attached hydrogen (secondary N) is 2. The van der Waals surface area contributed by atoms with Gasteiger partial charge in [-0.05, 0) is 74.7 Å². The zero-order valence-corrected chi connectivity index (χ0v) is 22.2. The maximum atomic E-state index is 12.6. The second-order valence-electron chi connectivity index (χ2n) is 9.81. The van der Waals surface area contributed by atoms with E-state index in [2.05, 4.69) is 20.6 Å². The molecule has 0 unspecified atom stereocenters. The molecule has 3 N–H and O–H groups in total. The van der Waals surface area contributed by atoms with Crippen molar-refractivity contribution in [1.29, 1.82) is 0 Å². The number of sulfone groups is 1. The lowest BCUT2D eigenvalue weighted by molar-refractivity contribution is 0.249. The standard InChI is InChI=1S/C28H30N4O4S/c1-17(2)31-27(34)32-26-24(33)14-21(16-30-26)18-8-6-9-19(12-18)23-15-22(28(3,4)37(5,35)36)13-20-10-7-11-29-25(20)23/h6-17,33H,1-5H3,(H2,30,31,32,34). The predicted octanol–water partition coefficient (Wildman–Crippen LogP) is 5.48. The fraction of sp³-hybridized carbons (Fsp3) is 0.250. The number of aromatic nitrogens is 2. The van der Waals surface area contributed by atoms with Crippen LogP contribution in [0.5, 0.6) is 5.75 Å². The number of hydrogen-bond donors (Lipinski definition) is 3. The first kappa shape index (κ1) is 26.1. The first-order valence-corrected chi connectivity index (χ1v) is 13.7. The summed E-state index contributed by atoms with van der Waals surface area (Å²) in [6, 6.07) is 16.2. The topological polar surface area (TPSA) is 121 Å². The van der Waals surface area contributed by atoms with Gasteiger partial charge in [-0.3, -0.25) is 10.3 Å². The van der Waals surface area contributed by atoms with Gasteiger partial charge < -0.3 is 10.4 Å². The third-order valence-electron chi connectivity index (χ3n) is 6.35. The molecule has 4 rings (SSSR count). The summed E-state index contributed by atoms with van der Waals surface area (Å²) in [5.41, 5.74) is 4.50. The Labute approximate surface area is 216 Å². The Kier molecular flexibility index (Phi) is 6.92. The largest absolute Gasteiger partial charge is 0.504 e. The number of rotatable bonds is 6. The van der Waals surface area contributed by atoms with E-state index >= 15 is 0 Å². The second kappa shape index (κ2) is 9.82. The van der Waals surface area contributed by atoms with Crippen LogP contribution in [0.4, 0.5) is 10.6 Å². The SMILES string of the molecule is CC(C)NC(=O)Nc1ncc(-c2cccc(-c3cc(C(C)(C)S(C)(=O)=O)cc4cccnc34)c2)cc1O. The van der Waals surface area contributed by atoms with Crippen molar-refractivity contribution in [3.63, 3.8) is 0 Å². The maximum Gasteiger partial charge on any atom is 0.320 e. The average molecular weight is 519 g/mol. The Balaban J connectivity index is 1.78. The van der Waals surface area contributed by atoms with E-state index < -0.39 is 20.6 Å². The van der Waals surface area contributed by atoms with Crippen LogP contribution in [0.1, 0.15) is 33.3 Å². The average Bonchev–Trinajstić information content (AvgIpc) is 2.83. The van der Waals surface area contributed by atoms with Gasteiger partial charge >= 0.3 is 6.03 Å². The van der Waals surface area contributed by atoms with E-state index in [1.807, 2.05) is 62.4 Å². The van der Waals surface area contributed by atoms with Crippen molar-refractivity contribution in [2.24, 2.45) is 0 Å². The number of benzene rings is 2. The van der Waals surface area contributed by atoms with Gasteiger partial charge in [0.25, 0.3) is 0 Å². The minimum absolute atomic E-state index is 0.0590. The molecule has 37 heavy (non-hydrogen) atoms. The molecular formula is C28H30N4O4S. The zero-order chi connectivity index (χ0) is 27.0. The third-order valence-corrected chi connectivity index (χ3v) is 8.44. The van der Waals surface area contributed by atoms with Crippen LogP contribution in [0.25, 0.3) is 33.2 Å². The summed E-state index contributed by atoms with van der Waals surface area (Å²) in [5, 5.41) is 16.6. The van der Waals surface area contributed by atoms with E-state index in [9.17, 15) is 18.3 Å². The number of nitrogens with zero attached hydrogens (tertiary/aromatic N) is 2. The van der Waals surface area contributed by atoms with Crippen LogP contribution >= 0.6 is 0 Å². The molecule has 9 heteroatoms. The summed E-state index contributed by atoms with van der Waals surface area (Å²) < 4.78 is 24.1. The van der Waals surface area contributed by atoms with Gasteiger partial charge in [-0.1, -0.05) is 24.3 Å². The number of carbonyl (C=O) groups is 1. The lowest BCUT2D eigenvalue weighted by Gasteiger charge is -2.24. The molecular weight excluding hydrogens is 488 g/mol. The fourth-order valence-electron chi connectivity index (χ4n) is 3.95. The summed E-state index contributed by atoms with van der Waals surface area (Å²) in [6.45, 7) is 7.07. The molecule has 0 saturated heterocycles. The Bertz CT molecular complexity index is 1600. The molecule has 0 saturated carbocycles. The monoisotopic (exact) mass is 518 g/mol. The van der Waals surface area contributed by atoms with Crippen molar-refractivity contribution >= 4 is 32.6 Å². The number of amides is 2. The van der Waals surface area contributed by atoms with Crippen molar-refractivity contribution in [3.05, 3.63) is 72.6 Å². The van der Waals surface area contributed by atoms with E-state index in [0.717, 1.165) is 27.6 Å². The first-order valence-electron chi connectivity index (χ1n) is 11.8. The summed E-state index contributed by atoms with van der Waals surface area (Å²) in [4.78, 5) is 20.8. The molecule has 2 heterocycles. The van der Waals surface area contributed by atoms with E-state index in [-0.39, 0.29) is 17.6 Å². The van der Waals surface area contributed by atoms with Gasteiger partial charge in [0.2, 0.25) is 0 Å². The number of hydrogen-bond acceptors (Lipinski definition) is 6. The lowest BCUT2D eigenvalue weighted by Crippen LogP contribution is -2.34. The molecule has 0 aliphatic rings. The molecule has 192 valence electrons. The van der Waals surface area contributed by atoms with Crippen LogP contribution < -0.4 is 10.6 Å². The minimum Gasteiger partial charge on any atom is -0.504 e. The Morgan fingerprint density at radius 3 is 2.38 bits per heavy atom. The molecule has 8 nitrogen and oxygen atoms in total. The number of aromatic hydroxyl groups is 1. The Hall–Kier alpha value is -3.98. The Morgan fingerprint density at radius 1 is 0.973 bits per heavy atom. The van der Waals surface area contributed by atoms with Crippen LogP contribution in [0, 0.1) is 0 Å². The molecule has 2 amide bonds. The smallest absolute Gasteiger partial charge is 0.320 e. The van der Waals surface area contributed by atoms with Crippen molar-refractivity contribution in [2.45, 2.75) is 38.5 Å². The number of fused-ring (bicyclic) bond motifs is 1. The van der Waals surface area contributed by atoms with Gasteiger partial charge in [0, 0.05) is 41.2 Å². The summed E-state index contributed by atoms with van der Waals surface area (Å²) in [6.07, 6.45) is 4.52. The van der Waals surface area contributed by atoms with E-state index in [1.54, 1.807) is 26.2 Å².